The molecule has 1 amide bonds. The third-order valence-corrected chi connectivity index (χ3v) is 8.26. The van der Waals surface area contributed by atoms with Gasteiger partial charge in [-0.3, -0.25) is 9.59 Å². The summed E-state index contributed by atoms with van der Waals surface area (Å²) in [4.78, 5) is 58.7. The molecule has 0 fully saturated rings. The Morgan fingerprint density at radius 3 is 0.943 bits per heavy atom. The maximum absolute atomic E-state index is 12.7. The number of carboxylic acid groups (broad SMARTS) is 4. The molecule has 4 aromatic carbocycles. The summed E-state index contributed by atoms with van der Waals surface area (Å²) >= 11 is 0. The summed E-state index contributed by atoms with van der Waals surface area (Å²) in [6.45, 7) is -2.45. The normalized spacial score (nSPS) is 11.8. The fourth-order valence-electron chi connectivity index (χ4n) is 6.13. The lowest BCUT2D eigenvalue weighted by Gasteiger charge is -2.22. The van der Waals surface area contributed by atoms with Crippen molar-refractivity contribution in [2.45, 2.75) is 32.1 Å². The Morgan fingerprint density at radius 1 is 0.434 bits per heavy atom. The molecule has 0 spiro atoms. The van der Waals surface area contributed by atoms with Gasteiger partial charge in [0.1, 0.15) is 23.0 Å². The zero-order valence-electron chi connectivity index (χ0n) is 28.5. The lowest BCUT2D eigenvalue weighted by molar-refractivity contribution is -0.140. The molecule has 4 aromatic rings. The first-order valence-corrected chi connectivity index (χ1v) is 16.6. The number of para-hydroxylation sites is 4. The minimum Gasteiger partial charge on any atom is -0.483 e. The van der Waals surface area contributed by atoms with Gasteiger partial charge in [0.15, 0.2) is 26.4 Å². The average molecular weight is 728 g/mol. The topological polar surface area (TPSA) is 215 Å². The highest BCUT2D eigenvalue weighted by Gasteiger charge is 2.23. The van der Waals surface area contributed by atoms with Gasteiger partial charge in [0.25, 0.3) is 5.91 Å². The maximum Gasteiger partial charge on any atom is 0.341 e. The molecule has 0 aliphatic heterocycles. The number of carbonyl (C=O) groups excluding carboxylic acids is 1. The first-order chi connectivity index (χ1) is 25.5. The maximum atomic E-state index is 12.7. The highest BCUT2D eigenvalue weighted by atomic mass is 16.5. The van der Waals surface area contributed by atoms with Crippen molar-refractivity contribution in [2.75, 3.05) is 33.0 Å². The first kappa shape index (κ1) is 37.7. The number of fused-ring (bicyclic) bond motifs is 8. The molecule has 0 atom stereocenters. The molecule has 0 saturated heterocycles. The molecule has 0 heterocycles. The molecule has 14 heteroatoms. The zero-order valence-corrected chi connectivity index (χ0v) is 28.5. The van der Waals surface area contributed by atoms with Crippen molar-refractivity contribution < 1.29 is 63.3 Å². The lowest BCUT2D eigenvalue weighted by atomic mass is 9.91. The number of nitrogens with one attached hydrogen (secondary N) is 1. The van der Waals surface area contributed by atoms with Crippen LogP contribution in [0.2, 0.25) is 0 Å². The third-order valence-electron chi connectivity index (χ3n) is 8.26. The zero-order chi connectivity index (χ0) is 37.9. The van der Waals surface area contributed by atoms with Crippen LogP contribution in [0.4, 0.5) is 0 Å². The number of hydrogen-bond donors (Lipinski definition) is 5. The van der Waals surface area contributed by atoms with E-state index >= 15 is 0 Å². The van der Waals surface area contributed by atoms with E-state index in [2.05, 4.69) is 5.32 Å². The van der Waals surface area contributed by atoms with Gasteiger partial charge in [-0.25, -0.2) is 14.4 Å². The van der Waals surface area contributed by atoms with Crippen molar-refractivity contribution in [3.05, 3.63) is 117 Å². The van der Waals surface area contributed by atoms with Gasteiger partial charge in [0.2, 0.25) is 0 Å². The van der Waals surface area contributed by atoms with E-state index in [9.17, 15) is 39.3 Å². The van der Waals surface area contributed by atoms with E-state index in [1.807, 2.05) is 0 Å². The standard InChI is InChI=1S/C39H37NO13/c41-31(40-14-13-32(42)43)19-50-36-23-5-1-6-24(36)16-26-8-3-10-28(38(26)52-21-34(46)47)18-30-12-4-11-29(39(30)53-22-35(48)49)17-27-9-2-7-25(15-23)37(27)51-20-33(44)45/h1-12H,13-22H2,(H,40,41)(H,42,43)(H,44,45)(H,46,47)(H,48,49). The summed E-state index contributed by atoms with van der Waals surface area (Å²) < 4.78 is 23.8. The summed E-state index contributed by atoms with van der Waals surface area (Å²) in [5.41, 5.74) is 4.80. The number of aliphatic carboxylic acids is 4. The van der Waals surface area contributed by atoms with E-state index in [-0.39, 0.29) is 38.6 Å². The Balaban J connectivity index is 1.69. The number of ether oxygens (including phenoxy) is 4. The lowest BCUT2D eigenvalue weighted by Crippen LogP contribution is -2.31. The van der Waals surface area contributed by atoms with Gasteiger partial charge in [0.05, 0.1) is 6.42 Å². The molecule has 0 radical (unpaired) electrons. The van der Waals surface area contributed by atoms with Gasteiger partial charge in [0, 0.05) is 32.2 Å². The molecule has 5 rings (SSSR count). The number of carbonyl (C=O) groups is 5. The van der Waals surface area contributed by atoms with Crippen molar-refractivity contribution >= 4 is 29.8 Å². The number of benzene rings is 4. The van der Waals surface area contributed by atoms with Crippen molar-refractivity contribution in [3.63, 3.8) is 0 Å². The van der Waals surface area contributed by atoms with E-state index < -0.39 is 56.2 Å². The monoisotopic (exact) mass is 727 g/mol. The summed E-state index contributed by atoms with van der Waals surface area (Å²) in [5, 5.41) is 40.1. The quantitative estimate of drug-likeness (QED) is 0.104. The Morgan fingerprint density at radius 2 is 0.698 bits per heavy atom. The second kappa shape index (κ2) is 17.6. The number of amides is 1. The Labute approximate surface area is 303 Å². The van der Waals surface area contributed by atoms with Gasteiger partial charge in [-0.2, -0.15) is 0 Å². The summed E-state index contributed by atoms with van der Waals surface area (Å²) in [6.07, 6.45) is 0.381. The van der Waals surface area contributed by atoms with E-state index in [1.165, 1.54) is 0 Å². The first-order valence-electron chi connectivity index (χ1n) is 16.6. The minimum atomic E-state index is -1.19. The molecule has 0 saturated carbocycles. The van der Waals surface area contributed by atoms with Gasteiger partial charge in [-0.05, 0) is 44.5 Å². The van der Waals surface area contributed by atoms with Crippen molar-refractivity contribution in [1.82, 2.24) is 5.32 Å². The fourth-order valence-corrected chi connectivity index (χ4v) is 6.13. The fraction of sp³-hybridized carbons (Fsp3) is 0.256. The molecule has 14 nitrogen and oxygen atoms in total. The van der Waals surface area contributed by atoms with Gasteiger partial charge >= 0.3 is 23.9 Å². The predicted molar refractivity (Wildman–Crippen MR) is 187 cm³/mol. The van der Waals surface area contributed by atoms with Crippen LogP contribution in [0.1, 0.15) is 50.9 Å². The van der Waals surface area contributed by atoms with Crippen LogP contribution in [0.5, 0.6) is 23.0 Å². The summed E-state index contributed by atoms with van der Waals surface area (Å²) in [7, 11) is 0. The van der Waals surface area contributed by atoms with E-state index in [1.54, 1.807) is 72.8 Å². The summed E-state index contributed by atoms with van der Waals surface area (Å²) in [5.74, 6) is -3.95. The SMILES string of the molecule is O=C(O)CCNC(=O)COc1c2cccc1Cc1cccc(c1OCC(=O)O)Cc1cccc(c1OCC(=O)O)Cc1cccc(c1OCC(=O)O)C2. The van der Waals surface area contributed by atoms with E-state index in [0.29, 0.717) is 67.5 Å². The molecular weight excluding hydrogens is 690 g/mol. The molecule has 5 N–H and O–H groups in total. The molecule has 1 aliphatic rings. The van der Waals surface area contributed by atoms with E-state index in [4.69, 9.17) is 24.1 Å². The van der Waals surface area contributed by atoms with Crippen LogP contribution in [0.3, 0.4) is 0 Å². The van der Waals surface area contributed by atoms with Crippen LogP contribution in [0, 0.1) is 0 Å². The van der Waals surface area contributed by atoms with Crippen molar-refractivity contribution in [3.8, 4) is 23.0 Å². The molecular formula is C39H37NO13. The largest absolute Gasteiger partial charge is 0.483 e. The summed E-state index contributed by atoms with van der Waals surface area (Å²) in [6, 6.07) is 21.4. The van der Waals surface area contributed by atoms with Gasteiger partial charge in [-0.1, -0.05) is 72.8 Å². The van der Waals surface area contributed by atoms with Crippen molar-refractivity contribution in [1.29, 1.82) is 0 Å². The Hall–Kier alpha value is -6.57. The molecule has 1 aliphatic carbocycles. The van der Waals surface area contributed by atoms with E-state index in [0.717, 1.165) is 0 Å². The molecule has 8 bridgehead atoms. The number of rotatable bonds is 15. The second-order valence-electron chi connectivity index (χ2n) is 12.2. The smallest absolute Gasteiger partial charge is 0.341 e. The Kier molecular flexibility index (Phi) is 12.5. The van der Waals surface area contributed by atoms with Crippen LogP contribution in [0.15, 0.2) is 72.8 Å². The van der Waals surface area contributed by atoms with Gasteiger partial charge < -0.3 is 44.7 Å². The third kappa shape index (κ3) is 10.3. The highest BCUT2D eigenvalue weighted by Crippen LogP contribution is 2.38. The number of carboxylic acids is 4. The van der Waals surface area contributed by atoms with Gasteiger partial charge in [-0.15, -0.1) is 0 Å². The molecule has 53 heavy (non-hydrogen) atoms. The van der Waals surface area contributed by atoms with Crippen LogP contribution in [-0.4, -0.2) is 83.2 Å². The molecule has 0 aromatic heterocycles. The van der Waals surface area contributed by atoms with Crippen LogP contribution >= 0.6 is 0 Å². The predicted octanol–water partition coefficient (Wildman–Crippen LogP) is 3.72. The second-order valence-corrected chi connectivity index (χ2v) is 12.2. The van der Waals surface area contributed by atoms with Crippen LogP contribution < -0.4 is 24.3 Å². The number of hydrogen-bond acceptors (Lipinski definition) is 9. The van der Waals surface area contributed by atoms with Crippen molar-refractivity contribution in [2.24, 2.45) is 0 Å². The van der Waals surface area contributed by atoms with Crippen LogP contribution in [0.25, 0.3) is 0 Å². The Bertz CT molecular complexity index is 1910. The average Bonchev–Trinajstić information content (AvgIpc) is 3.09. The highest BCUT2D eigenvalue weighted by molar-refractivity contribution is 5.78. The molecule has 0 unspecified atom stereocenters. The van der Waals surface area contributed by atoms with Crippen LogP contribution in [-0.2, 0) is 49.7 Å². The minimum absolute atomic E-state index is 0.0920. The molecule has 276 valence electrons.